The highest BCUT2D eigenvalue weighted by Crippen LogP contribution is 2.10. The number of carbonyl (C=O) groups is 1. The number of hydrogen-bond donors (Lipinski definition) is 1. The first kappa shape index (κ1) is 15.1. The van der Waals surface area contributed by atoms with Gasteiger partial charge in [0.1, 0.15) is 12.4 Å². The number of methoxy groups -OCH3 is 1. The zero-order chi connectivity index (χ0) is 15.1. The van der Waals surface area contributed by atoms with Gasteiger partial charge in [0, 0.05) is 32.9 Å². The number of amides is 1. The molecule has 1 heterocycles. The molecule has 1 aromatic heterocycles. The number of rotatable bonds is 7. The second-order valence-corrected chi connectivity index (χ2v) is 4.71. The summed E-state index contributed by atoms with van der Waals surface area (Å²) in [5, 5.41) is 2.84. The number of nitrogens with zero attached hydrogens (tertiary/aromatic N) is 1. The molecule has 0 atom stereocenters. The second kappa shape index (κ2) is 7.50. The highest BCUT2D eigenvalue weighted by molar-refractivity contribution is 5.91. The minimum Gasteiger partial charge on any atom is -0.453 e. The monoisotopic (exact) mass is 288 g/mol. The summed E-state index contributed by atoms with van der Waals surface area (Å²) in [6, 6.07) is 13.4. The maximum absolute atomic E-state index is 11.9. The molecule has 0 aliphatic rings. The second-order valence-electron chi connectivity index (χ2n) is 4.71. The van der Waals surface area contributed by atoms with E-state index in [1.807, 2.05) is 37.4 Å². The lowest BCUT2D eigenvalue weighted by atomic mass is 10.3. The van der Waals surface area contributed by atoms with E-state index in [1.165, 1.54) is 0 Å². The van der Waals surface area contributed by atoms with Crippen molar-refractivity contribution in [1.82, 2.24) is 5.32 Å². The van der Waals surface area contributed by atoms with Crippen LogP contribution in [0.4, 0.5) is 5.69 Å². The molecule has 5 nitrogen and oxygen atoms in total. The number of anilines is 1. The summed E-state index contributed by atoms with van der Waals surface area (Å²) in [4.78, 5) is 14.0. The van der Waals surface area contributed by atoms with E-state index in [1.54, 1.807) is 19.2 Å². The first-order chi connectivity index (χ1) is 10.2. The van der Waals surface area contributed by atoms with E-state index in [4.69, 9.17) is 9.15 Å². The number of para-hydroxylation sites is 1. The summed E-state index contributed by atoms with van der Waals surface area (Å²) in [5.74, 6) is 0.743. The number of carbonyl (C=O) groups excluding carboxylic acids is 1. The van der Waals surface area contributed by atoms with E-state index in [2.05, 4.69) is 10.2 Å². The fraction of sp³-hybridized carbons (Fsp3) is 0.312. The fourth-order valence-corrected chi connectivity index (χ4v) is 1.96. The van der Waals surface area contributed by atoms with Crippen molar-refractivity contribution in [2.45, 2.75) is 6.61 Å². The first-order valence-corrected chi connectivity index (χ1v) is 6.82. The van der Waals surface area contributed by atoms with Crippen LogP contribution < -0.4 is 10.2 Å². The first-order valence-electron chi connectivity index (χ1n) is 6.82. The van der Waals surface area contributed by atoms with Gasteiger partial charge in [-0.2, -0.15) is 0 Å². The SMILES string of the molecule is COCc1ccc(C(=O)NCCN(C)c2ccccc2)o1. The Kier molecular flexibility index (Phi) is 5.40. The van der Waals surface area contributed by atoms with Crippen LogP contribution in [-0.4, -0.2) is 33.2 Å². The van der Waals surface area contributed by atoms with Gasteiger partial charge in [-0.15, -0.1) is 0 Å². The molecule has 1 amide bonds. The van der Waals surface area contributed by atoms with Crippen molar-refractivity contribution < 1.29 is 13.9 Å². The lowest BCUT2D eigenvalue weighted by Crippen LogP contribution is -2.32. The largest absolute Gasteiger partial charge is 0.453 e. The molecule has 1 N–H and O–H groups in total. The van der Waals surface area contributed by atoms with Crippen molar-refractivity contribution in [3.63, 3.8) is 0 Å². The summed E-state index contributed by atoms with van der Waals surface area (Å²) in [6.07, 6.45) is 0. The van der Waals surface area contributed by atoms with Crippen LogP contribution >= 0.6 is 0 Å². The van der Waals surface area contributed by atoms with Gasteiger partial charge >= 0.3 is 0 Å². The Balaban J connectivity index is 1.78. The molecule has 2 rings (SSSR count). The van der Waals surface area contributed by atoms with Gasteiger partial charge in [-0.1, -0.05) is 18.2 Å². The Bertz CT molecular complexity index is 566. The Labute approximate surface area is 124 Å². The van der Waals surface area contributed by atoms with Crippen LogP contribution in [0.3, 0.4) is 0 Å². The van der Waals surface area contributed by atoms with Crippen molar-refractivity contribution in [2.24, 2.45) is 0 Å². The minimum atomic E-state index is -0.209. The number of furan rings is 1. The molecule has 0 aliphatic heterocycles. The van der Waals surface area contributed by atoms with Gasteiger partial charge in [-0.05, 0) is 24.3 Å². The van der Waals surface area contributed by atoms with E-state index in [0.717, 1.165) is 12.2 Å². The van der Waals surface area contributed by atoms with Crippen LogP contribution in [0.25, 0.3) is 0 Å². The molecule has 0 bridgehead atoms. The summed E-state index contributed by atoms with van der Waals surface area (Å²) in [6.45, 7) is 1.63. The third-order valence-corrected chi connectivity index (χ3v) is 3.10. The smallest absolute Gasteiger partial charge is 0.287 e. The fourth-order valence-electron chi connectivity index (χ4n) is 1.96. The van der Waals surface area contributed by atoms with Gasteiger partial charge < -0.3 is 19.4 Å². The predicted molar refractivity (Wildman–Crippen MR) is 81.5 cm³/mol. The van der Waals surface area contributed by atoms with Gasteiger partial charge in [-0.3, -0.25) is 4.79 Å². The van der Waals surface area contributed by atoms with Gasteiger partial charge in [0.05, 0.1) is 0 Å². The summed E-state index contributed by atoms with van der Waals surface area (Å²) >= 11 is 0. The Hall–Kier alpha value is -2.27. The molecule has 112 valence electrons. The van der Waals surface area contributed by atoms with E-state index in [-0.39, 0.29) is 5.91 Å². The molecule has 5 heteroatoms. The average molecular weight is 288 g/mol. The third-order valence-electron chi connectivity index (χ3n) is 3.10. The number of hydrogen-bond acceptors (Lipinski definition) is 4. The molecular weight excluding hydrogens is 268 g/mol. The molecule has 2 aromatic rings. The zero-order valence-electron chi connectivity index (χ0n) is 12.3. The molecule has 0 fully saturated rings. The lowest BCUT2D eigenvalue weighted by Gasteiger charge is -2.19. The van der Waals surface area contributed by atoms with Crippen LogP contribution in [0.1, 0.15) is 16.3 Å². The van der Waals surface area contributed by atoms with E-state index < -0.39 is 0 Å². The molecule has 0 spiro atoms. The van der Waals surface area contributed by atoms with Gasteiger partial charge in [0.15, 0.2) is 5.76 Å². The minimum absolute atomic E-state index is 0.209. The standard InChI is InChI=1S/C16H20N2O3/c1-18(13-6-4-3-5-7-13)11-10-17-16(19)15-9-8-14(21-15)12-20-2/h3-9H,10-12H2,1-2H3,(H,17,19). The van der Waals surface area contributed by atoms with Crippen LogP contribution in [0.2, 0.25) is 0 Å². The Morgan fingerprint density at radius 2 is 2.00 bits per heavy atom. The molecule has 0 unspecified atom stereocenters. The van der Waals surface area contributed by atoms with E-state index in [0.29, 0.717) is 24.7 Å². The lowest BCUT2D eigenvalue weighted by molar-refractivity contribution is 0.0918. The molecular formula is C16H20N2O3. The maximum atomic E-state index is 11.9. The molecule has 0 saturated carbocycles. The molecule has 0 radical (unpaired) electrons. The summed E-state index contributed by atoms with van der Waals surface area (Å²) in [5.41, 5.74) is 1.12. The van der Waals surface area contributed by atoms with E-state index in [9.17, 15) is 4.79 Å². The Morgan fingerprint density at radius 3 is 2.71 bits per heavy atom. The molecule has 0 aliphatic carbocycles. The van der Waals surface area contributed by atoms with Crippen molar-refractivity contribution >= 4 is 11.6 Å². The van der Waals surface area contributed by atoms with E-state index >= 15 is 0 Å². The molecule has 21 heavy (non-hydrogen) atoms. The van der Waals surface area contributed by atoms with Gasteiger partial charge in [0.2, 0.25) is 0 Å². The maximum Gasteiger partial charge on any atom is 0.287 e. The third kappa shape index (κ3) is 4.36. The predicted octanol–water partition coefficient (Wildman–Crippen LogP) is 2.29. The Morgan fingerprint density at radius 1 is 1.24 bits per heavy atom. The van der Waals surface area contributed by atoms with Crippen molar-refractivity contribution in [3.8, 4) is 0 Å². The number of likely N-dealkylation sites (N-methyl/N-ethyl adjacent to an activating group) is 1. The van der Waals surface area contributed by atoms with Crippen molar-refractivity contribution in [2.75, 3.05) is 32.1 Å². The topological polar surface area (TPSA) is 54.7 Å². The van der Waals surface area contributed by atoms with Crippen LogP contribution in [0, 0.1) is 0 Å². The van der Waals surface area contributed by atoms with Crippen LogP contribution in [0.15, 0.2) is 46.9 Å². The number of nitrogens with one attached hydrogen (secondary N) is 1. The number of ether oxygens (including phenoxy) is 1. The number of benzene rings is 1. The quantitative estimate of drug-likeness (QED) is 0.849. The van der Waals surface area contributed by atoms with Gasteiger partial charge in [-0.25, -0.2) is 0 Å². The normalized spacial score (nSPS) is 10.4. The molecule has 1 aromatic carbocycles. The van der Waals surface area contributed by atoms with Crippen molar-refractivity contribution in [3.05, 3.63) is 54.0 Å². The van der Waals surface area contributed by atoms with Crippen LogP contribution in [-0.2, 0) is 11.3 Å². The van der Waals surface area contributed by atoms with Crippen molar-refractivity contribution in [1.29, 1.82) is 0 Å². The highest BCUT2D eigenvalue weighted by Gasteiger charge is 2.10. The van der Waals surface area contributed by atoms with Gasteiger partial charge in [0.25, 0.3) is 5.91 Å². The molecule has 0 saturated heterocycles. The summed E-state index contributed by atoms with van der Waals surface area (Å²) < 4.78 is 10.3. The highest BCUT2D eigenvalue weighted by atomic mass is 16.5. The van der Waals surface area contributed by atoms with Crippen LogP contribution in [0.5, 0.6) is 0 Å². The summed E-state index contributed by atoms with van der Waals surface area (Å²) in [7, 11) is 3.58. The zero-order valence-corrected chi connectivity index (χ0v) is 12.3. The average Bonchev–Trinajstić information content (AvgIpc) is 2.97.